The van der Waals surface area contributed by atoms with E-state index in [9.17, 15) is 14.4 Å². The summed E-state index contributed by atoms with van der Waals surface area (Å²) in [7, 11) is 1.60. The maximum Gasteiger partial charge on any atom is 0.247 e. The lowest BCUT2D eigenvalue weighted by Crippen LogP contribution is -2.43. The molecule has 3 amide bonds. The molecule has 0 spiro atoms. The van der Waals surface area contributed by atoms with Gasteiger partial charge < -0.3 is 24.6 Å². The van der Waals surface area contributed by atoms with E-state index in [1.807, 2.05) is 78.9 Å². The van der Waals surface area contributed by atoms with Gasteiger partial charge in [0, 0.05) is 37.2 Å². The molecule has 4 heterocycles. The van der Waals surface area contributed by atoms with Gasteiger partial charge in [-0.15, -0.1) is 0 Å². The molecule has 2 atom stereocenters. The second-order valence-electron chi connectivity index (χ2n) is 12.6. The van der Waals surface area contributed by atoms with Crippen molar-refractivity contribution in [3.05, 3.63) is 114 Å². The largest absolute Gasteiger partial charge is 0.497 e. The fourth-order valence-corrected chi connectivity index (χ4v) is 7.72. The maximum absolute atomic E-state index is 13.9. The van der Waals surface area contributed by atoms with Crippen molar-refractivity contribution < 1.29 is 23.9 Å². The van der Waals surface area contributed by atoms with E-state index in [4.69, 9.17) is 14.5 Å². The van der Waals surface area contributed by atoms with Crippen molar-refractivity contribution in [2.24, 2.45) is 4.99 Å². The van der Waals surface area contributed by atoms with Crippen molar-refractivity contribution in [3.8, 4) is 5.75 Å². The molecular formula is C39H40N6O5S. The summed E-state index contributed by atoms with van der Waals surface area (Å²) < 4.78 is 10.7. The quantitative estimate of drug-likeness (QED) is 0.227. The van der Waals surface area contributed by atoms with E-state index in [2.05, 4.69) is 27.3 Å². The third-order valence-corrected chi connectivity index (χ3v) is 10.5. The summed E-state index contributed by atoms with van der Waals surface area (Å²) in [5.74, 6) is 0.353. The fourth-order valence-electron chi connectivity index (χ4n) is 6.55. The van der Waals surface area contributed by atoms with Gasteiger partial charge >= 0.3 is 0 Å². The van der Waals surface area contributed by atoms with Crippen LogP contribution in [0.1, 0.15) is 34.9 Å². The molecule has 3 aliphatic rings. The number of rotatable bonds is 10. The molecule has 0 saturated carbocycles. The van der Waals surface area contributed by atoms with E-state index in [1.165, 1.54) is 11.8 Å². The average Bonchev–Trinajstić information content (AvgIpc) is 3.79. The first-order valence-corrected chi connectivity index (χ1v) is 18.1. The van der Waals surface area contributed by atoms with Gasteiger partial charge in [-0.1, -0.05) is 42.1 Å². The van der Waals surface area contributed by atoms with Crippen LogP contribution < -0.4 is 15.0 Å². The summed E-state index contributed by atoms with van der Waals surface area (Å²) in [5, 5.41) is 3.09. The zero-order chi connectivity index (χ0) is 35.2. The van der Waals surface area contributed by atoms with Crippen molar-refractivity contribution in [3.63, 3.8) is 0 Å². The molecule has 12 heteroatoms. The Hall–Kier alpha value is -5.20. The Balaban J connectivity index is 1.03. The zero-order valence-electron chi connectivity index (χ0n) is 28.4. The standard InChI is InChI=1S/C39H40N6O5S/c1-49-33-17-7-27(8-18-33)25-35(46)44-20-4-6-34(44)37(47)41-29-11-9-28(10-12-29)36-38(48)45(26-31-5-2-3-19-40-31)39(51-36)42-30-13-15-32(16-14-30)43-21-23-50-24-22-43/h2-3,5,7-19,34,36H,4,6,20-26H2,1H3,(H,41,47)/t34-,36?/m0/s1. The number of benzene rings is 3. The molecule has 3 saturated heterocycles. The number of morpholine rings is 1. The summed E-state index contributed by atoms with van der Waals surface area (Å²) in [6.45, 7) is 3.98. The molecule has 0 radical (unpaired) electrons. The monoisotopic (exact) mass is 704 g/mol. The van der Waals surface area contributed by atoms with Gasteiger partial charge in [0.2, 0.25) is 17.7 Å². The number of amides is 3. The number of ether oxygens (including phenoxy) is 2. The van der Waals surface area contributed by atoms with Crippen LogP contribution in [0.15, 0.2) is 102 Å². The minimum atomic E-state index is -0.538. The van der Waals surface area contributed by atoms with E-state index in [0.29, 0.717) is 43.6 Å². The first-order valence-electron chi connectivity index (χ1n) is 17.2. The van der Waals surface area contributed by atoms with Crippen LogP contribution in [0, 0.1) is 0 Å². The summed E-state index contributed by atoms with van der Waals surface area (Å²) in [5.41, 5.74) is 4.93. The van der Waals surface area contributed by atoms with Crippen LogP contribution in [0.25, 0.3) is 0 Å². The average molecular weight is 705 g/mol. The molecular weight excluding hydrogens is 665 g/mol. The predicted octanol–water partition coefficient (Wildman–Crippen LogP) is 5.60. The molecule has 3 aliphatic heterocycles. The van der Waals surface area contributed by atoms with Gasteiger partial charge in [-0.2, -0.15) is 0 Å². The molecule has 3 aromatic carbocycles. The number of aliphatic imine (C=N–C) groups is 1. The lowest BCUT2D eigenvalue weighted by Gasteiger charge is -2.28. The summed E-state index contributed by atoms with van der Waals surface area (Å²) in [6, 6.07) is 27.9. The molecule has 262 valence electrons. The Morgan fingerprint density at radius 3 is 2.43 bits per heavy atom. The smallest absolute Gasteiger partial charge is 0.247 e. The number of anilines is 2. The van der Waals surface area contributed by atoms with E-state index in [-0.39, 0.29) is 24.1 Å². The molecule has 1 aromatic heterocycles. The van der Waals surface area contributed by atoms with Gasteiger partial charge in [-0.05, 0) is 84.6 Å². The molecule has 51 heavy (non-hydrogen) atoms. The SMILES string of the molecule is COc1ccc(CC(=O)N2CCC[C@H]2C(=O)Nc2ccc(C3SC(=Nc4ccc(N5CCOCC5)cc4)N(Cc4ccccn4)C3=O)cc2)cc1. The third kappa shape index (κ3) is 8.08. The Bertz CT molecular complexity index is 1870. The molecule has 0 bridgehead atoms. The Kier molecular flexibility index (Phi) is 10.6. The number of amidine groups is 1. The Labute approximate surface area is 301 Å². The van der Waals surface area contributed by atoms with E-state index < -0.39 is 11.3 Å². The minimum absolute atomic E-state index is 0.0781. The lowest BCUT2D eigenvalue weighted by molar-refractivity contribution is -0.136. The van der Waals surface area contributed by atoms with Gasteiger partial charge in [-0.3, -0.25) is 24.3 Å². The van der Waals surface area contributed by atoms with Gasteiger partial charge in [0.1, 0.15) is 17.0 Å². The highest BCUT2D eigenvalue weighted by Crippen LogP contribution is 2.41. The normalized spacial score (nSPS) is 19.8. The van der Waals surface area contributed by atoms with Gasteiger partial charge in [0.25, 0.3) is 0 Å². The number of carbonyl (C=O) groups excluding carboxylic acids is 3. The number of thioether (sulfide) groups is 1. The fraction of sp³-hybridized carbons (Fsp3) is 0.308. The number of aromatic nitrogens is 1. The summed E-state index contributed by atoms with van der Waals surface area (Å²) in [4.78, 5) is 55.5. The Morgan fingerprint density at radius 1 is 0.961 bits per heavy atom. The maximum atomic E-state index is 13.9. The molecule has 7 rings (SSSR count). The van der Waals surface area contributed by atoms with Crippen LogP contribution in [0.3, 0.4) is 0 Å². The number of likely N-dealkylation sites (tertiary alicyclic amines) is 1. The highest BCUT2D eigenvalue weighted by molar-refractivity contribution is 8.15. The van der Waals surface area contributed by atoms with Crippen LogP contribution in [0.2, 0.25) is 0 Å². The van der Waals surface area contributed by atoms with Crippen LogP contribution in [0.4, 0.5) is 17.1 Å². The minimum Gasteiger partial charge on any atom is -0.497 e. The van der Waals surface area contributed by atoms with Gasteiger partial charge in [0.15, 0.2) is 5.17 Å². The number of pyridine rings is 1. The van der Waals surface area contributed by atoms with Crippen LogP contribution in [-0.4, -0.2) is 83.7 Å². The Morgan fingerprint density at radius 2 is 1.73 bits per heavy atom. The predicted molar refractivity (Wildman–Crippen MR) is 198 cm³/mol. The number of nitrogens with zero attached hydrogens (tertiary/aromatic N) is 5. The first-order chi connectivity index (χ1) is 24.9. The number of methoxy groups -OCH3 is 1. The molecule has 0 aliphatic carbocycles. The molecule has 1 unspecified atom stereocenters. The first kappa shape index (κ1) is 34.3. The van der Waals surface area contributed by atoms with Crippen molar-refractivity contribution in [2.75, 3.05) is 50.2 Å². The van der Waals surface area contributed by atoms with Gasteiger partial charge in [0.05, 0.1) is 44.7 Å². The second kappa shape index (κ2) is 15.8. The highest BCUT2D eigenvalue weighted by atomic mass is 32.2. The third-order valence-electron chi connectivity index (χ3n) is 9.31. The second-order valence-corrected chi connectivity index (χ2v) is 13.7. The molecule has 11 nitrogen and oxygen atoms in total. The lowest BCUT2D eigenvalue weighted by atomic mass is 10.1. The highest BCUT2D eigenvalue weighted by Gasteiger charge is 2.39. The van der Waals surface area contributed by atoms with Crippen molar-refractivity contribution in [1.29, 1.82) is 0 Å². The molecule has 3 fully saturated rings. The summed E-state index contributed by atoms with van der Waals surface area (Å²) >= 11 is 1.41. The van der Waals surface area contributed by atoms with Crippen molar-refractivity contribution in [1.82, 2.24) is 14.8 Å². The van der Waals surface area contributed by atoms with Crippen LogP contribution in [0.5, 0.6) is 5.75 Å². The van der Waals surface area contributed by atoms with E-state index in [1.54, 1.807) is 23.1 Å². The van der Waals surface area contributed by atoms with Crippen molar-refractivity contribution in [2.45, 2.75) is 37.1 Å². The topological polar surface area (TPSA) is 117 Å². The number of hydrogen-bond donors (Lipinski definition) is 1. The zero-order valence-corrected chi connectivity index (χ0v) is 29.3. The number of hydrogen-bond acceptors (Lipinski definition) is 9. The van der Waals surface area contributed by atoms with Gasteiger partial charge in [-0.25, -0.2) is 4.99 Å². The van der Waals surface area contributed by atoms with Crippen LogP contribution >= 0.6 is 11.8 Å². The molecule has 1 N–H and O–H groups in total. The van der Waals surface area contributed by atoms with Crippen molar-refractivity contribution >= 4 is 51.7 Å². The van der Waals surface area contributed by atoms with Crippen LogP contribution in [-0.2, 0) is 32.1 Å². The van der Waals surface area contributed by atoms with E-state index in [0.717, 1.165) is 53.5 Å². The summed E-state index contributed by atoms with van der Waals surface area (Å²) in [6.07, 6.45) is 3.31. The number of nitrogens with one attached hydrogen (secondary N) is 1. The number of carbonyl (C=O) groups is 3. The molecule has 4 aromatic rings. The van der Waals surface area contributed by atoms with E-state index >= 15 is 0 Å².